The van der Waals surface area contributed by atoms with E-state index in [0.29, 0.717) is 5.56 Å². The van der Waals surface area contributed by atoms with Gasteiger partial charge in [0, 0.05) is 23.4 Å². The van der Waals surface area contributed by atoms with Crippen LogP contribution in [0.3, 0.4) is 0 Å². The van der Waals surface area contributed by atoms with E-state index in [1.54, 1.807) is 18.0 Å². The summed E-state index contributed by atoms with van der Waals surface area (Å²) in [5.74, 6) is 0.764. The quantitative estimate of drug-likeness (QED) is 0.710. The van der Waals surface area contributed by atoms with Gasteiger partial charge in [-0.1, -0.05) is 18.2 Å². The van der Waals surface area contributed by atoms with Crippen LogP contribution >= 0.6 is 15.9 Å². The molecular formula is C16H12BrN3O. The first-order valence-electron chi connectivity index (χ1n) is 6.35. The summed E-state index contributed by atoms with van der Waals surface area (Å²) < 4.78 is 7.99. The lowest BCUT2D eigenvalue weighted by Crippen LogP contribution is -1.97. The van der Waals surface area contributed by atoms with Crippen molar-refractivity contribution in [3.05, 3.63) is 46.6 Å². The lowest BCUT2D eigenvalue weighted by molar-refractivity contribution is 0.420. The predicted molar refractivity (Wildman–Crippen MR) is 85.1 cm³/mol. The SMILES string of the molecule is COc1cccc2c(C#N)c(-c3c(Br)cnn3C)ccc12. The molecule has 1 heterocycles. The highest BCUT2D eigenvalue weighted by Crippen LogP contribution is 2.36. The van der Waals surface area contributed by atoms with E-state index in [1.165, 1.54) is 0 Å². The van der Waals surface area contributed by atoms with Gasteiger partial charge >= 0.3 is 0 Å². The Morgan fingerprint density at radius 2 is 2.05 bits per heavy atom. The van der Waals surface area contributed by atoms with Crippen molar-refractivity contribution in [1.29, 1.82) is 5.26 Å². The average molecular weight is 342 g/mol. The molecule has 0 saturated carbocycles. The zero-order valence-corrected chi connectivity index (χ0v) is 13.2. The van der Waals surface area contributed by atoms with Gasteiger partial charge in [-0.05, 0) is 28.1 Å². The van der Waals surface area contributed by atoms with Crippen LogP contribution in [0.25, 0.3) is 22.0 Å². The highest BCUT2D eigenvalue weighted by molar-refractivity contribution is 9.10. The van der Waals surface area contributed by atoms with E-state index < -0.39 is 0 Å². The molecule has 0 bridgehead atoms. The number of benzene rings is 2. The van der Waals surface area contributed by atoms with E-state index in [0.717, 1.165) is 32.3 Å². The van der Waals surface area contributed by atoms with Crippen LogP contribution in [0, 0.1) is 11.3 Å². The molecular weight excluding hydrogens is 330 g/mol. The predicted octanol–water partition coefficient (Wildman–Crippen LogP) is 3.88. The zero-order valence-electron chi connectivity index (χ0n) is 11.6. The second kappa shape index (κ2) is 5.23. The van der Waals surface area contributed by atoms with Crippen LogP contribution in [0.1, 0.15) is 5.56 Å². The van der Waals surface area contributed by atoms with Gasteiger partial charge in [0.1, 0.15) is 11.8 Å². The number of ether oxygens (including phenoxy) is 1. The number of nitriles is 1. The number of halogens is 1. The summed E-state index contributed by atoms with van der Waals surface area (Å²) >= 11 is 3.49. The second-order valence-electron chi connectivity index (χ2n) is 4.62. The fourth-order valence-electron chi connectivity index (χ4n) is 2.54. The van der Waals surface area contributed by atoms with Crippen LogP contribution in [0.15, 0.2) is 41.0 Å². The number of rotatable bonds is 2. The van der Waals surface area contributed by atoms with Crippen LogP contribution in [0.5, 0.6) is 5.75 Å². The van der Waals surface area contributed by atoms with Gasteiger partial charge in [0.15, 0.2) is 0 Å². The Balaban J connectivity index is 2.39. The Bertz CT molecular complexity index is 858. The van der Waals surface area contributed by atoms with Crippen molar-refractivity contribution >= 4 is 26.7 Å². The Kier molecular flexibility index (Phi) is 3.40. The number of methoxy groups -OCH3 is 1. The Morgan fingerprint density at radius 3 is 2.67 bits per heavy atom. The van der Waals surface area contributed by atoms with Gasteiger partial charge in [0.05, 0.1) is 29.0 Å². The minimum absolute atomic E-state index is 0.621. The van der Waals surface area contributed by atoms with Crippen LogP contribution in [0.4, 0.5) is 0 Å². The number of fused-ring (bicyclic) bond motifs is 1. The van der Waals surface area contributed by atoms with Gasteiger partial charge in [-0.3, -0.25) is 4.68 Å². The number of hydrogen-bond donors (Lipinski definition) is 0. The third kappa shape index (κ3) is 2.08. The lowest BCUT2D eigenvalue weighted by Gasteiger charge is -2.11. The van der Waals surface area contributed by atoms with E-state index in [-0.39, 0.29) is 0 Å². The molecule has 0 amide bonds. The normalized spacial score (nSPS) is 10.6. The fourth-order valence-corrected chi connectivity index (χ4v) is 3.10. The molecule has 0 aliphatic rings. The number of aryl methyl sites for hydroxylation is 1. The first-order chi connectivity index (χ1) is 10.2. The number of aromatic nitrogens is 2. The minimum Gasteiger partial charge on any atom is -0.496 e. The summed E-state index contributed by atoms with van der Waals surface area (Å²) in [6.45, 7) is 0. The van der Waals surface area contributed by atoms with Crippen molar-refractivity contribution in [2.24, 2.45) is 7.05 Å². The van der Waals surface area contributed by atoms with Gasteiger partial charge in [0.25, 0.3) is 0 Å². The molecule has 0 radical (unpaired) electrons. The van der Waals surface area contributed by atoms with Gasteiger partial charge in [-0.2, -0.15) is 10.4 Å². The first kappa shape index (κ1) is 13.7. The molecule has 0 spiro atoms. The summed E-state index contributed by atoms with van der Waals surface area (Å²) in [5, 5.41) is 15.6. The summed E-state index contributed by atoms with van der Waals surface area (Å²) in [6.07, 6.45) is 1.73. The maximum Gasteiger partial charge on any atom is 0.126 e. The third-order valence-corrected chi connectivity index (χ3v) is 4.08. The van der Waals surface area contributed by atoms with Crippen LogP contribution < -0.4 is 4.74 Å². The summed E-state index contributed by atoms with van der Waals surface area (Å²) in [6, 6.07) is 11.9. The molecule has 0 atom stereocenters. The molecule has 1 aromatic heterocycles. The Morgan fingerprint density at radius 1 is 1.24 bits per heavy atom. The van der Waals surface area contributed by atoms with Crippen molar-refractivity contribution in [2.45, 2.75) is 0 Å². The second-order valence-corrected chi connectivity index (χ2v) is 5.47. The zero-order chi connectivity index (χ0) is 15.0. The van der Waals surface area contributed by atoms with Gasteiger partial charge in [-0.15, -0.1) is 0 Å². The standard InChI is InChI=1S/C16H12BrN3O/c1-20-16(14(17)9-19-20)12-7-6-11-10(13(12)8-18)4-3-5-15(11)21-2/h3-7,9H,1-2H3. The Labute approximate surface area is 130 Å². The molecule has 0 aliphatic carbocycles. The molecule has 0 fully saturated rings. The summed E-state index contributed by atoms with van der Waals surface area (Å²) in [5.41, 5.74) is 2.36. The molecule has 21 heavy (non-hydrogen) atoms. The highest BCUT2D eigenvalue weighted by atomic mass is 79.9. The minimum atomic E-state index is 0.621. The molecule has 0 unspecified atom stereocenters. The van der Waals surface area contributed by atoms with Crippen molar-refractivity contribution in [3.8, 4) is 23.1 Å². The maximum atomic E-state index is 9.62. The molecule has 104 valence electrons. The Hall–Kier alpha value is -2.32. The molecule has 4 nitrogen and oxygen atoms in total. The molecule has 0 N–H and O–H groups in total. The first-order valence-corrected chi connectivity index (χ1v) is 7.14. The average Bonchev–Trinajstić information content (AvgIpc) is 2.84. The monoisotopic (exact) mass is 341 g/mol. The molecule has 3 rings (SSSR count). The summed E-state index contributed by atoms with van der Waals surface area (Å²) in [7, 11) is 3.49. The van der Waals surface area contributed by atoms with Gasteiger partial charge in [-0.25, -0.2) is 0 Å². The van der Waals surface area contributed by atoms with E-state index in [2.05, 4.69) is 27.1 Å². The van der Waals surface area contributed by atoms with Crippen LogP contribution in [-0.2, 0) is 7.05 Å². The fraction of sp³-hybridized carbons (Fsp3) is 0.125. The van der Waals surface area contributed by atoms with E-state index in [4.69, 9.17) is 4.74 Å². The van der Waals surface area contributed by atoms with Crippen molar-refractivity contribution < 1.29 is 4.74 Å². The van der Waals surface area contributed by atoms with E-state index in [1.807, 2.05) is 37.4 Å². The topological polar surface area (TPSA) is 50.8 Å². The molecule has 2 aromatic carbocycles. The molecule has 5 heteroatoms. The molecule has 0 aliphatic heterocycles. The third-order valence-electron chi connectivity index (χ3n) is 3.50. The smallest absolute Gasteiger partial charge is 0.126 e. The van der Waals surface area contributed by atoms with E-state index in [9.17, 15) is 5.26 Å². The molecule has 3 aromatic rings. The van der Waals surface area contributed by atoms with Crippen LogP contribution in [0.2, 0.25) is 0 Å². The highest BCUT2D eigenvalue weighted by Gasteiger charge is 2.16. The number of nitrogens with zero attached hydrogens (tertiary/aromatic N) is 3. The van der Waals surface area contributed by atoms with Crippen molar-refractivity contribution in [2.75, 3.05) is 7.11 Å². The summed E-state index contributed by atoms with van der Waals surface area (Å²) in [4.78, 5) is 0. The molecule has 0 saturated heterocycles. The van der Waals surface area contributed by atoms with Crippen LogP contribution in [-0.4, -0.2) is 16.9 Å². The lowest BCUT2D eigenvalue weighted by atomic mass is 9.97. The van der Waals surface area contributed by atoms with Gasteiger partial charge < -0.3 is 4.74 Å². The van der Waals surface area contributed by atoms with Gasteiger partial charge in [0.2, 0.25) is 0 Å². The maximum absolute atomic E-state index is 9.62. The van der Waals surface area contributed by atoms with Crippen molar-refractivity contribution in [3.63, 3.8) is 0 Å². The van der Waals surface area contributed by atoms with Crippen molar-refractivity contribution in [1.82, 2.24) is 9.78 Å². The van der Waals surface area contributed by atoms with E-state index >= 15 is 0 Å². The number of hydrogen-bond acceptors (Lipinski definition) is 3. The largest absolute Gasteiger partial charge is 0.496 e.